The number of nitrogens with zero attached hydrogens (tertiary/aromatic N) is 3. The van der Waals surface area contributed by atoms with E-state index < -0.39 is 5.60 Å². The Labute approximate surface area is 160 Å². The van der Waals surface area contributed by atoms with Crippen molar-refractivity contribution in [2.75, 3.05) is 19.6 Å². The van der Waals surface area contributed by atoms with Crippen LogP contribution in [0, 0.1) is 5.92 Å². The molecule has 2 N–H and O–H groups in total. The smallest absolute Gasteiger partial charge is 0.255 e. The largest absolute Gasteiger partial charge is 0.379 e. The van der Waals surface area contributed by atoms with Crippen LogP contribution in [0.5, 0.6) is 0 Å². The third-order valence-corrected chi connectivity index (χ3v) is 6.12. The summed E-state index contributed by atoms with van der Waals surface area (Å²) in [5, 5.41) is 14.3. The maximum absolute atomic E-state index is 12.9. The Kier molecular flexibility index (Phi) is 5.45. The quantitative estimate of drug-likeness (QED) is 0.819. The Morgan fingerprint density at radius 3 is 2.93 bits per heavy atom. The van der Waals surface area contributed by atoms with Gasteiger partial charge in [-0.2, -0.15) is 0 Å². The number of aliphatic hydroxyl groups is 1. The summed E-state index contributed by atoms with van der Waals surface area (Å²) < 4.78 is 2.02. The summed E-state index contributed by atoms with van der Waals surface area (Å²) in [5.74, 6) is 0.515. The van der Waals surface area contributed by atoms with Crippen molar-refractivity contribution < 1.29 is 9.90 Å². The summed E-state index contributed by atoms with van der Waals surface area (Å²) in [4.78, 5) is 19.2. The molecule has 2 aromatic rings. The number of hydrogen-bond donors (Lipinski definition) is 2. The Morgan fingerprint density at radius 2 is 2.07 bits per heavy atom. The molecule has 1 unspecified atom stereocenters. The maximum Gasteiger partial charge on any atom is 0.255 e. The molecule has 1 aliphatic carbocycles. The van der Waals surface area contributed by atoms with E-state index in [1.165, 1.54) is 32.1 Å². The highest BCUT2D eigenvalue weighted by atomic mass is 16.3. The van der Waals surface area contributed by atoms with Gasteiger partial charge >= 0.3 is 0 Å². The summed E-state index contributed by atoms with van der Waals surface area (Å²) >= 11 is 0. The first-order chi connectivity index (χ1) is 13.2. The molecule has 146 valence electrons. The molecule has 1 saturated heterocycles. The van der Waals surface area contributed by atoms with Crippen molar-refractivity contribution >= 4 is 11.6 Å². The topological polar surface area (TPSA) is 69.9 Å². The Hall–Kier alpha value is -1.92. The van der Waals surface area contributed by atoms with E-state index in [-0.39, 0.29) is 12.5 Å². The molecule has 1 amide bonds. The van der Waals surface area contributed by atoms with E-state index in [2.05, 4.69) is 10.3 Å². The van der Waals surface area contributed by atoms with Gasteiger partial charge in [-0.1, -0.05) is 25.3 Å². The molecule has 4 rings (SSSR count). The van der Waals surface area contributed by atoms with Gasteiger partial charge in [0.05, 0.1) is 11.9 Å². The van der Waals surface area contributed by atoms with Gasteiger partial charge in [0.15, 0.2) is 5.60 Å². The lowest BCUT2D eigenvalue weighted by Crippen LogP contribution is -2.58. The minimum Gasteiger partial charge on any atom is -0.379 e. The number of fused-ring (bicyclic) bond motifs is 1. The molecular formula is C21H30N4O2. The molecule has 1 aliphatic heterocycles. The number of piperidine rings is 1. The van der Waals surface area contributed by atoms with Crippen molar-refractivity contribution in [3.63, 3.8) is 0 Å². The third-order valence-electron chi connectivity index (χ3n) is 6.12. The second kappa shape index (κ2) is 7.98. The number of nitrogens with one attached hydrogen (secondary N) is 1. The van der Waals surface area contributed by atoms with Crippen molar-refractivity contribution in [2.24, 2.45) is 5.92 Å². The number of carbonyl (C=O) groups is 1. The highest BCUT2D eigenvalue weighted by molar-refractivity contribution is 5.86. The number of rotatable bonds is 6. The monoisotopic (exact) mass is 370 g/mol. The van der Waals surface area contributed by atoms with Crippen LogP contribution in [0.15, 0.2) is 30.6 Å². The van der Waals surface area contributed by atoms with E-state index >= 15 is 0 Å². The first kappa shape index (κ1) is 18.4. The molecule has 0 bridgehead atoms. The van der Waals surface area contributed by atoms with E-state index in [0.717, 1.165) is 30.9 Å². The van der Waals surface area contributed by atoms with Crippen LogP contribution in [-0.2, 0) is 11.3 Å². The highest BCUT2D eigenvalue weighted by Crippen LogP contribution is 2.28. The van der Waals surface area contributed by atoms with Gasteiger partial charge in [0.2, 0.25) is 0 Å². The number of carbonyl (C=O) groups excluding carboxylic acids is 1. The molecule has 2 aliphatic rings. The Balaban J connectivity index is 1.34. The van der Waals surface area contributed by atoms with Crippen LogP contribution in [0.4, 0.5) is 0 Å². The van der Waals surface area contributed by atoms with E-state index in [0.29, 0.717) is 18.9 Å². The zero-order valence-corrected chi connectivity index (χ0v) is 15.9. The fourth-order valence-corrected chi connectivity index (χ4v) is 4.60. The molecule has 1 atom stereocenters. The number of aromatic nitrogens is 2. The SMILES string of the molecule is O=C1N(CC2CCCCC2)CCCC1(O)CNCc1cnc2ccccn12. The van der Waals surface area contributed by atoms with E-state index in [4.69, 9.17) is 0 Å². The fraction of sp³-hybridized carbons (Fsp3) is 0.619. The fourth-order valence-electron chi connectivity index (χ4n) is 4.60. The van der Waals surface area contributed by atoms with Gasteiger partial charge < -0.3 is 19.7 Å². The molecule has 6 heteroatoms. The van der Waals surface area contributed by atoms with Crippen molar-refractivity contribution in [3.05, 3.63) is 36.3 Å². The van der Waals surface area contributed by atoms with Crippen molar-refractivity contribution in [1.29, 1.82) is 0 Å². The summed E-state index contributed by atoms with van der Waals surface area (Å²) in [6.07, 6.45) is 11.5. The first-order valence-electron chi connectivity index (χ1n) is 10.3. The van der Waals surface area contributed by atoms with Gasteiger partial charge in [-0.3, -0.25) is 4.79 Å². The van der Waals surface area contributed by atoms with Gasteiger partial charge in [0, 0.05) is 32.4 Å². The zero-order valence-electron chi connectivity index (χ0n) is 15.9. The van der Waals surface area contributed by atoms with Crippen molar-refractivity contribution in [2.45, 2.75) is 57.1 Å². The standard InChI is InChI=1S/C21H30N4O2/c26-20-21(27,10-6-11-24(20)15-17-7-2-1-3-8-17)16-22-13-18-14-23-19-9-4-5-12-25(18)19/h4-5,9,12,14,17,22,27H,1-3,6-8,10-11,13,15-16H2. The van der Waals surface area contributed by atoms with Crippen molar-refractivity contribution in [1.82, 2.24) is 19.6 Å². The minimum atomic E-state index is -1.28. The van der Waals surface area contributed by atoms with E-state index in [1.54, 1.807) is 0 Å². The summed E-state index contributed by atoms with van der Waals surface area (Å²) in [6, 6.07) is 5.90. The summed E-state index contributed by atoms with van der Waals surface area (Å²) in [7, 11) is 0. The number of amides is 1. The lowest BCUT2D eigenvalue weighted by atomic mass is 9.86. The van der Waals surface area contributed by atoms with Gasteiger partial charge in [0.25, 0.3) is 5.91 Å². The second-order valence-corrected chi connectivity index (χ2v) is 8.17. The third kappa shape index (κ3) is 4.01. The molecular weight excluding hydrogens is 340 g/mol. The molecule has 2 aromatic heterocycles. The lowest BCUT2D eigenvalue weighted by molar-refractivity contribution is -0.157. The molecule has 0 radical (unpaired) electrons. The van der Waals surface area contributed by atoms with E-state index in [9.17, 15) is 9.90 Å². The number of imidazole rings is 1. The van der Waals surface area contributed by atoms with Crippen LogP contribution in [0.25, 0.3) is 5.65 Å². The molecule has 3 heterocycles. The predicted molar refractivity (Wildman–Crippen MR) is 104 cm³/mol. The van der Waals surface area contributed by atoms with Crippen LogP contribution in [0.1, 0.15) is 50.6 Å². The van der Waals surface area contributed by atoms with Crippen LogP contribution in [0.2, 0.25) is 0 Å². The highest BCUT2D eigenvalue weighted by Gasteiger charge is 2.42. The van der Waals surface area contributed by atoms with Crippen LogP contribution in [0.3, 0.4) is 0 Å². The lowest BCUT2D eigenvalue weighted by Gasteiger charge is -2.40. The minimum absolute atomic E-state index is 0.0926. The number of hydrogen-bond acceptors (Lipinski definition) is 4. The molecule has 6 nitrogen and oxygen atoms in total. The molecule has 2 fully saturated rings. The van der Waals surface area contributed by atoms with Gasteiger partial charge in [-0.05, 0) is 43.7 Å². The molecule has 0 aromatic carbocycles. The average molecular weight is 370 g/mol. The van der Waals surface area contributed by atoms with Gasteiger partial charge in [-0.25, -0.2) is 4.98 Å². The summed E-state index contributed by atoms with van der Waals surface area (Å²) in [5.41, 5.74) is 0.643. The predicted octanol–water partition coefficient (Wildman–Crippen LogP) is 2.36. The maximum atomic E-state index is 12.9. The van der Waals surface area contributed by atoms with Crippen LogP contribution in [-0.4, -0.2) is 50.5 Å². The van der Waals surface area contributed by atoms with Crippen LogP contribution >= 0.6 is 0 Å². The van der Waals surface area contributed by atoms with Gasteiger partial charge in [0.1, 0.15) is 5.65 Å². The van der Waals surface area contributed by atoms with E-state index in [1.807, 2.05) is 39.9 Å². The molecule has 27 heavy (non-hydrogen) atoms. The number of likely N-dealkylation sites (tertiary alicyclic amines) is 1. The van der Waals surface area contributed by atoms with Crippen LogP contribution < -0.4 is 5.32 Å². The zero-order chi connectivity index (χ0) is 18.7. The normalized spacial score (nSPS) is 24.6. The van der Waals surface area contributed by atoms with Crippen molar-refractivity contribution in [3.8, 4) is 0 Å². The molecule has 0 spiro atoms. The number of pyridine rings is 1. The Morgan fingerprint density at radius 1 is 1.22 bits per heavy atom. The first-order valence-corrected chi connectivity index (χ1v) is 10.3. The molecule has 1 saturated carbocycles. The van der Waals surface area contributed by atoms with Gasteiger partial charge in [-0.15, -0.1) is 0 Å². The summed E-state index contributed by atoms with van der Waals surface area (Å²) in [6.45, 7) is 2.45. The average Bonchev–Trinajstić information content (AvgIpc) is 3.10. The second-order valence-electron chi connectivity index (χ2n) is 8.17. The Bertz CT molecular complexity index is 783.